The number of pyridine rings is 1. The summed E-state index contributed by atoms with van der Waals surface area (Å²) >= 11 is 0. The van der Waals surface area contributed by atoms with E-state index in [0.717, 1.165) is 17.7 Å². The Morgan fingerprint density at radius 2 is 1.77 bits per heavy atom. The first-order valence-electron chi connectivity index (χ1n) is 11.3. The van der Waals surface area contributed by atoms with Crippen LogP contribution in [0.1, 0.15) is 52.3 Å². The first-order chi connectivity index (χ1) is 16.8. The Morgan fingerprint density at radius 1 is 1.06 bits per heavy atom. The Bertz CT molecular complexity index is 1350. The Labute approximate surface area is 201 Å². The van der Waals surface area contributed by atoms with Gasteiger partial charge in [0.25, 0.3) is 0 Å². The molecule has 4 aromatic rings. The number of halogens is 2. The maximum atomic E-state index is 14.0. The highest BCUT2D eigenvalue weighted by Crippen LogP contribution is 2.26. The molecule has 35 heavy (non-hydrogen) atoms. The summed E-state index contributed by atoms with van der Waals surface area (Å²) < 4.78 is 35.2. The zero-order valence-corrected chi connectivity index (χ0v) is 19.4. The number of rotatable bonds is 9. The molecule has 2 aromatic carbocycles. The van der Waals surface area contributed by atoms with Crippen LogP contribution < -0.4 is 4.74 Å². The number of aliphatic hydroxyl groups is 2. The number of hydrogen-bond acceptors (Lipinski definition) is 5. The van der Waals surface area contributed by atoms with Gasteiger partial charge in [-0.2, -0.15) is 0 Å². The van der Waals surface area contributed by atoms with Crippen molar-refractivity contribution in [2.24, 2.45) is 0 Å². The number of fused-ring (bicyclic) bond motifs is 1. The number of Topliss-reactive ketones (excluding diaryl/α,β-unsaturated/α-hetero) is 1. The van der Waals surface area contributed by atoms with Gasteiger partial charge in [0.2, 0.25) is 0 Å². The Morgan fingerprint density at radius 3 is 2.49 bits per heavy atom. The van der Waals surface area contributed by atoms with E-state index >= 15 is 0 Å². The summed E-state index contributed by atoms with van der Waals surface area (Å²) in [5.41, 5.74) is 2.43. The number of ether oxygens (including phenoxy) is 1. The highest BCUT2D eigenvalue weighted by molar-refractivity contribution is 5.96. The summed E-state index contributed by atoms with van der Waals surface area (Å²) in [6, 6.07) is 14.1. The first-order valence-corrected chi connectivity index (χ1v) is 11.3. The van der Waals surface area contributed by atoms with E-state index in [0.29, 0.717) is 34.8 Å². The third-order valence-electron chi connectivity index (χ3n) is 5.94. The van der Waals surface area contributed by atoms with Gasteiger partial charge in [-0.25, -0.2) is 13.8 Å². The van der Waals surface area contributed by atoms with Gasteiger partial charge in [0, 0.05) is 12.6 Å². The van der Waals surface area contributed by atoms with Crippen molar-refractivity contribution in [2.45, 2.75) is 45.5 Å². The van der Waals surface area contributed by atoms with Crippen LogP contribution in [-0.2, 0) is 13.0 Å². The molecule has 0 aliphatic heterocycles. The predicted molar refractivity (Wildman–Crippen MR) is 126 cm³/mol. The van der Waals surface area contributed by atoms with Gasteiger partial charge >= 0.3 is 0 Å². The Kier molecular flexibility index (Phi) is 7.23. The number of benzene rings is 2. The quantitative estimate of drug-likeness (QED) is 0.339. The van der Waals surface area contributed by atoms with Crippen molar-refractivity contribution in [1.29, 1.82) is 0 Å². The maximum Gasteiger partial charge on any atom is 0.181 e. The molecular formula is C27H26F2N2O4. The van der Waals surface area contributed by atoms with Gasteiger partial charge in [0.1, 0.15) is 30.0 Å². The molecule has 0 bridgehead atoms. The average molecular weight is 481 g/mol. The smallest absolute Gasteiger partial charge is 0.181 e. The Hall–Kier alpha value is -3.62. The minimum atomic E-state index is -1.04. The summed E-state index contributed by atoms with van der Waals surface area (Å²) in [6.45, 7) is 2.90. The molecule has 2 atom stereocenters. The topological polar surface area (TPSA) is 84.1 Å². The largest absolute Gasteiger partial charge is 0.485 e. The van der Waals surface area contributed by atoms with Crippen LogP contribution in [0.3, 0.4) is 0 Å². The molecule has 182 valence electrons. The summed E-state index contributed by atoms with van der Waals surface area (Å²) in [4.78, 5) is 17.7. The van der Waals surface area contributed by atoms with Gasteiger partial charge < -0.3 is 14.9 Å². The number of carbonyl (C=O) groups excluding carboxylic acids is 1. The maximum absolute atomic E-state index is 14.0. The van der Waals surface area contributed by atoms with Gasteiger partial charge in [-0.1, -0.05) is 30.3 Å². The number of aromatic nitrogens is 2. The van der Waals surface area contributed by atoms with E-state index in [1.165, 1.54) is 13.0 Å². The Balaban J connectivity index is 1.56. The van der Waals surface area contributed by atoms with Gasteiger partial charge in [0.15, 0.2) is 17.2 Å². The van der Waals surface area contributed by atoms with Crippen molar-refractivity contribution in [3.63, 3.8) is 0 Å². The molecule has 2 heterocycles. The number of aliphatic hydroxyl groups excluding tert-OH is 2. The number of hydrogen-bond donors (Lipinski definition) is 2. The molecule has 0 amide bonds. The first kappa shape index (κ1) is 24.5. The van der Waals surface area contributed by atoms with Crippen LogP contribution in [0, 0.1) is 18.6 Å². The fourth-order valence-corrected chi connectivity index (χ4v) is 4.10. The van der Waals surface area contributed by atoms with Crippen molar-refractivity contribution in [3.8, 4) is 5.75 Å². The lowest BCUT2D eigenvalue weighted by Gasteiger charge is -2.17. The van der Waals surface area contributed by atoms with E-state index in [4.69, 9.17) is 4.74 Å². The van der Waals surface area contributed by atoms with E-state index in [2.05, 4.69) is 4.98 Å². The molecule has 0 aliphatic carbocycles. The second kappa shape index (κ2) is 10.3. The molecule has 2 N–H and O–H groups in total. The molecule has 0 spiro atoms. The zero-order chi connectivity index (χ0) is 25.1. The van der Waals surface area contributed by atoms with E-state index in [-0.39, 0.29) is 24.4 Å². The summed E-state index contributed by atoms with van der Waals surface area (Å²) in [7, 11) is 0. The molecule has 0 unspecified atom stereocenters. The van der Waals surface area contributed by atoms with Crippen molar-refractivity contribution >= 4 is 11.4 Å². The third kappa shape index (κ3) is 5.08. The minimum Gasteiger partial charge on any atom is -0.485 e. The normalized spacial score (nSPS) is 13.1. The molecule has 0 fully saturated rings. The van der Waals surface area contributed by atoms with E-state index in [1.54, 1.807) is 41.8 Å². The van der Waals surface area contributed by atoms with Crippen LogP contribution in [0.2, 0.25) is 0 Å². The number of imidazole rings is 1. The molecule has 0 aliphatic rings. The van der Waals surface area contributed by atoms with Crippen LogP contribution in [-0.4, -0.2) is 31.5 Å². The lowest BCUT2D eigenvalue weighted by Crippen LogP contribution is -2.16. The van der Waals surface area contributed by atoms with E-state index in [1.807, 2.05) is 12.1 Å². The fourth-order valence-electron chi connectivity index (χ4n) is 4.10. The van der Waals surface area contributed by atoms with Crippen LogP contribution in [0.15, 0.2) is 60.8 Å². The van der Waals surface area contributed by atoms with Crippen LogP contribution in [0.5, 0.6) is 5.75 Å². The van der Waals surface area contributed by atoms with Crippen molar-refractivity contribution in [1.82, 2.24) is 9.38 Å². The number of nitrogens with zero attached hydrogens (tertiary/aromatic N) is 2. The molecule has 8 heteroatoms. The molecule has 6 nitrogen and oxygen atoms in total. The minimum absolute atomic E-state index is 0.156. The monoisotopic (exact) mass is 480 g/mol. The lowest BCUT2D eigenvalue weighted by molar-refractivity contribution is 0.0300. The summed E-state index contributed by atoms with van der Waals surface area (Å²) in [6.07, 6.45) is 0.226. The molecule has 0 saturated carbocycles. The van der Waals surface area contributed by atoms with Crippen molar-refractivity contribution in [3.05, 3.63) is 101 Å². The van der Waals surface area contributed by atoms with E-state index < -0.39 is 23.8 Å². The van der Waals surface area contributed by atoms with Crippen LogP contribution in [0.4, 0.5) is 8.78 Å². The second-order valence-electron chi connectivity index (χ2n) is 8.41. The summed E-state index contributed by atoms with van der Waals surface area (Å²) in [5, 5.41) is 20.1. The van der Waals surface area contributed by atoms with Crippen LogP contribution >= 0.6 is 0 Å². The average Bonchev–Trinajstić information content (AvgIpc) is 3.18. The standard InChI is InChI=1S/C27H26F2N2O4/c1-16-25(23(33)13-12-18-7-3-4-8-19(18)26(34)17(2)32)31-14-6-11-24(27(31)30-16)35-15-20-21(28)9-5-10-22(20)29/h3-11,14,17,26,32,34H,12-13,15H2,1-2H3/t17-,26+/m1/s1. The van der Waals surface area contributed by atoms with Gasteiger partial charge in [-0.05, 0) is 55.7 Å². The fraction of sp³-hybridized carbons (Fsp3) is 0.259. The molecule has 2 aromatic heterocycles. The van der Waals surface area contributed by atoms with E-state index in [9.17, 15) is 23.8 Å². The third-order valence-corrected chi connectivity index (χ3v) is 5.94. The van der Waals surface area contributed by atoms with Crippen LogP contribution in [0.25, 0.3) is 5.65 Å². The van der Waals surface area contributed by atoms with Gasteiger partial charge in [0.05, 0.1) is 17.4 Å². The number of ketones is 1. The van der Waals surface area contributed by atoms with Crippen molar-refractivity contribution < 1.29 is 28.5 Å². The molecular weight excluding hydrogens is 454 g/mol. The predicted octanol–water partition coefficient (Wildman–Crippen LogP) is 4.73. The number of aryl methyl sites for hydroxylation is 2. The highest BCUT2D eigenvalue weighted by Gasteiger charge is 2.21. The summed E-state index contributed by atoms with van der Waals surface area (Å²) in [5.74, 6) is -1.27. The lowest BCUT2D eigenvalue weighted by atomic mass is 9.95. The van der Waals surface area contributed by atoms with Crippen molar-refractivity contribution in [2.75, 3.05) is 0 Å². The van der Waals surface area contributed by atoms with Gasteiger partial charge in [-0.15, -0.1) is 0 Å². The molecule has 0 saturated heterocycles. The number of carbonyl (C=O) groups is 1. The zero-order valence-electron chi connectivity index (χ0n) is 19.4. The molecule has 0 radical (unpaired) electrons. The second-order valence-corrected chi connectivity index (χ2v) is 8.41. The highest BCUT2D eigenvalue weighted by atomic mass is 19.1. The van der Waals surface area contributed by atoms with Gasteiger partial charge in [-0.3, -0.25) is 9.20 Å². The SMILES string of the molecule is Cc1nc2c(OCc3c(F)cccc3F)cccn2c1C(=O)CCc1ccccc1[C@@H](O)[C@@H](C)O. The molecule has 4 rings (SSSR count).